The van der Waals surface area contributed by atoms with Crippen molar-refractivity contribution in [1.29, 1.82) is 0 Å². The third kappa shape index (κ3) is 4.33. The molecule has 1 aliphatic heterocycles. The van der Waals surface area contributed by atoms with Crippen LogP contribution in [-0.4, -0.2) is 32.0 Å². The Labute approximate surface area is 158 Å². The Bertz CT molecular complexity index is 810. The van der Waals surface area contributed by atoms with Gasteiger partial charge in [0.25, 0.3) is 0 Å². The quantitative estimate of drug-likeness (QED) is 0.838. The molecule has 0 aliphatic carbocycles. The lowest BCUT2D eigenvalue weighted by Crippen LogP contribution is -2.30. The number of nitrogens with zero attached hydrogens (tertiary/aromatic N) is 1. The summed E-state index contributed by atoms with van der Waals surface area (Å²) in [6.45, 7) is 0.571. The molecule has 0 radical (unpaired) electrons. The molecule has 2 amide bonds. The number of carbonyl (C=O) groups is 2. The van der Waals surface area contributed by atoms with Crippen LogP contribution in [0, 0.1) is 0 Å². The van der Waals surface area contributed by atoms with Gasteiger partial charge in [0, 0.05) is 17.9 Å². The summed E-state index contributed by atoms with van der Waals surface area (Å²) >= 11 is 0. The highest BCUT2D eigenvalue weighted by atomic mass is 35.5. The molecule has 0 bridgehead atoms. The van der Waals surface area contributed by atoms with Crippen LogP contribution >= 0.6 is 12.4 Å². The van der Waals surface area contributed by atoms with Crippen molar-refractivity contribution in [2.24, 2.45) is 5.73 Å². The predicted octanol–water partition coefficient (Wildman–Crippen LogP) is 2.15. The van der Waals surface area contributed by atoms with E-state index in [0.29, 0.717) is 18.7 Å². The molecule has 0 saturated carbocycles. The molecule has 0 saturated heterocycles. The minimum Gasteiger partial charge on any atom is -0.497 e. The van der Waals surface area contributed by atoms with Gasteiger partial charge in [-0.05, 0) is 41.8 Å². The van der Waals surface area contributed by atoms with E-state index in [9.17, 15) is 9.59 Å². The van der Waals surface area contributed by atoms with Crippen LogP contribution in [0.4, 0.5) is 11.4 Å². The molecule has 7 heteroatoms. The number of rotatable bonds is 5. The van der Waals surface area contributed by atoms with Crippen LogP contribution in [0.25, 0.3) is 0 Å². The Morgan fingerprint density at radius 3 is 2.77 bits per heavy atom. The van der Waals surface area contributed by atoms with Crippen molar-refractivity contribution in [1.82, 2.24) is 0 Å². The second kappa shape index (κ2) is 8.69. The molecule has 0 spiro atoms. The lowest BCUT2D eigenvalue weighted by atomic mass is 10.1. The van der Waals surface area contributed by atoms with Crippen molar-refractivity contribution in [2.75, 3.05) is 30.4 Å². The molecule has 0 atom stereocenters. The number of ether oxygens (including phenoxy) is 1. The van der Waals surface area contributed by atoms with Gasteiger partial charge in [0.15, 0.2) is 0 Å². The molecular formula is C19H22ClN3O3. The summed E-state index contributed by atoms with van der Waals surface area (Å²) in [5, 5.41) is 2.73. The van der Waals surface area contributed by atoms with Gasteiger partial charge in [-0.1, -0.05) is 18.2 Å². The second-order valence-corrected chi connectivity index (χ2v) is 5.92. The number of methoxy groups -OCH3 is 1. The van der Waals surface area contributed by atoms with E-state index in [2.05, 4.69) is 5.32 Å². The number of nitrogens with two attached hydrogens (primary N) is 1. The molecule has 2 aromatic rings. The van der Waals surface area contributed by atoms with Crippen LogP contribution in [0.1, 0.15) is 11.1 Å². The van der Waals surface area contributed by atoms with Gasteiger partial charge in [0.05, 0.1) is 20.1 Å². The molecule has 0 fully saturated rings. The molecule has 0 unspecified atom stereocenters. The second-order valence-electron chi connectivity index (χ2n) is 5.92. The fourth-order valence-corrected chi connectivity index (χ4v) is 2.98. The SMILES string of the molecule is COc1cccc(CC(=O)N2CCc3ccc(NC(=O)CN)cc32)c1.Cl. The van der Waals surface area contributed by atoms with Gasteiger partial charge in [0.1, 0.15) is 5.75 Å². The first-order valence-electron chi connectivity index (χ1n) is 8.17. The third-order valence-electron chi connectivity index (χ3n) is 4.24. The first kappa shape index (κ1) is 19.8. The van der Waals surface area contributed by atoms with Gasteiger partial charge in [-0.15, -0.1) is 12.4 Å². The minimum atomic E-state index is -0.257. The topological polar surface area (TPSA) is 84.7 Å². The number of halogens is 1. The zero-order valence-corrected chi connectivity index (χ0v) is 15.3. The fraction of sp³-hybridized carbons (Fsp3) is 0.263. The average molecular weight is 376 g/mol. The van der Waals surface area contributed by atoms with E-state index < -0.39 is 0 Å². The molecule has 138 valence electrons. The largest absolute Gasteiger partial charge is 0.497 e. The van der Waals surface area contributed by atoms with Crippen LogP contribution in [-0.2, 0) is 22.4 Å². The first-order valence-corrected chi connectivity index (χ1v) is 8.17. The van der Waals surface area contributed by atoms with Gasteiger partial charge >= 0.3 is 0 Å². The average Bonchev–Trinajstić information content (AvgIpc) is 3.05. The first-order chi connectivity index (χ1) is 12.1. The number of amides is 2. The lowest BCUT2D eigenvalue weighted by Gasteiger charge is -2.18. The van der Waals surface area contributed by atoms with Crippen molar-refractivity contribution in [3.63, 3.8) is 0 Å². The summed E-state index contributed by atoms with van der Waals surface area (Å²) in [5.74, 6) is 0.500. The fourth-order valence-electron chi connectivity index (χ4n) is 2.98. The summed E-state index contributed by atoms with van der Waals surface area (Å²) in [6, 6.07) is 13.1. The highest BCUT2D eigenvalue weighted by Gasteiger charge is 2.25. The smallest absolute Gasteiger partial charge is 0.238 e. The van der Waals surface area contributed by atoms with Crippen LogP contribution in [0.3, 0.4) is 0 Å². The summed E-state index contributed by atoms with van der Waals surface area (Å²) in [6.07, 6.45) is 1.11. The molecule has 3 rings (SSSR count). The van der Waals surface area contributed by atoms with E-state index in [0.717, 1.165) is 29.0 Å². The number of anilines is 2. The predicted molar refractivity (Wildman–Crippen MR) is 104 cm³/mol. The van der Waals surface area contributed by atoms with Gasteiger partial charge < -0.3 is 20.7 Å². The maximum atomic E-state index is 12.7. The standard InChI is InChI=1S/C19H21N3O3.ClH/c1-25-16-4-2-3-13(9-16)10-19(24)22-8-7-14-5-6-15(11-17(14)22)21-18(23)12-20;/h2-6,9,11H,7-8,10,12,20H2,1H3,(H,21,23);1H. The Morgan fingerprint density at radius 2 is 2.04 bits per heavy atom. The van der Waals surface area contributed by atoms with Crippen molar-refractivity contribution in [2.45, 2.75) is 12.8 Å². The van der Waals surface area contributed by atoms with E-state index in [-0.39, 0.29) is 30.8 Å². The minimum absolute atomic E-state index is 0. The van der Waals surface area contributed by atoms with Gasteiger partial charge in [0.2, 0.25) is 11.8 Å². The van der Waals surface area contributed by atoms with E-state index >= 15 is 0 Å². The highest BCUT2D eigenvalue weighted by Crippen LogP contribution is 2.31. The maximum absolute atomic E-state index is 12.7. The van der Waals surface area contributed by atoms with E-state index in [1.807, 2.05) is 42.5 Å². The maximum Gasteiger partial charge on any atom is 0.238 e. The number of hydrogen-bond acceptors (Lipinski definition) is 4. The van der Waals surface area contributed by atoms with Gasteiger partial charge in [-0.3, -0.25) is 9.59 Å². The molecule has 6 nitrogen and oxygen atoms in total. The number of carbonyl (C=O) groups excluding carboxylic acids is 2. The molecule has 1 heterocycles. The van der Waals surface area contributed by atoms with E-state index in [4.69, 9.17) is 10.5 Å². The summed E-state index contributed by atoms with van der Waals surface area (Å²) in [5.41, 5.74) is 8.84. The van der Waals surface area contributed by atoms with Gasteiger partial charge in [-0.25, -0.2) is 0 Å². The van der Waals surface area contributed by atoms with Crippen LogP contribution in [0.2, 0.25) is 0 Å². The molecule has 1 aliphatic rings. The number of fused-ring (bicyclic) bond motifs is 1. The van der Waals surface area contributed by atoms with E-state index in [1.165, 1.54) is 0 Å². The summed E-state index contributed by atoms with van der Waals surface area (Å²) in [4.78, 5) is 26.0. The Morgan fingerprint density at radius 1 is 1.23 bits per heavy atom. The van der Waals surface area contributed by atoms with E-state index in [1.54, 1.807) is 12.0 Å². The van der Waals surface area contributed by atoms with Crippen molar-refractivity contribution in [3.05, 3.63) is 53.6 Å². The monoisotopic (exact) mass is 375 g/mol. The number of benzene rings is 2. The zero-order chi connectivity index (χ0) is 17.8. The van der Waals surface area contributed by atoms with Gasteiger partial charge in [-0.2, -0.15) is 0 Å². The van der Waals surface area contributed by atoms with Crippen molar-refractivity contribution >= 4 is 35.6 Å². The lowest BCUT2D eigenvalue weighted by molar-refractivity contribution is -0.118. The molecular weight excluding hydrogens is 354 g/mol. The molecule has 2 aromatic carbocycles. The zero-order valence-electron chi connectivity index (χ0n) is 14.5. The van der Waals surface area contributed by atoms with Crippen LogP contribution in [0.5, 0.6) is 5.75 Å². The summed E-state index contributed by atoms with van der Waals surface area (Å²) < 4.78 is 5.21. The number of hydrogen-bond donors (Lipinski definition) is 2. The molecule has 26 heavy (non-hydrogen) atoms. The van der Waals surface area contributed by atoms with Crippen molar-refractivity contribution < 1.29 is 14.3 Å². The Kier molecular flexibility index (Phi) is 6.60. The van der Waals surface area contributed by atoms with Crippen LogP contribution in [0.15, 0.2) is 42.5 Å². The molecule has 0 aromatic heterocycles. The highest BCUT2D eigenvalue weighted by molar-refractivity contribution is 5.98. The van der Waals surface area contributed by atoms with Crippen molar-refractivity contribution in [3.8, 4) is 5.75 Å². The normalized spacial score (nSPS) is 12.2. The Hall–Kier alpha value is -2.57. The molecule has 3 N–H and O–H groups in total. The van der Waals surface area contributed by atoms with Crippen LogP contribution < -0.4 is 20.7 Å². The third-order valence-corrected chi connectivity index (χ3v) is 4.24. The number of nitrogens with one attached hydrogen (secondary N) is 1. The Balaban J connectivity index is 0.00000243. The summed E-state index contributed by atoms with van der Waals surface area (Å²) in [7, 11) is 1.61.